The molecule has 0 fully saturated rings. The monoisotopic (exact) mass is 450 g/mol. The van der Waals surface area contributed by atoms with Crippen LogP contribution in [0, 0.1) is 6.92 Å². The minimum absolute atomic E-state index is 0.123. The summed E-state index contributed by atoms with van der Waals surface area (Å²) in [6.07, 6.45) is 1.75. The minimum Gasteiger partial charge on any atom is -0.496 e. The van der Waals surface area contributed by atoms with Crippen molar-refractivity contribution in [2.45, 2.75) is 13.5 Å². The number of ether oxygens (including phenoxy) is 3. The fraction of sp³-hybridized carbons (Fsp3) is 0.125. The first kappa shape index (κ1) is 19.3. The van der Waals surface area contributed by atoms with Crippen LogP contribution >= 0.6 is 15.9 Å². The first-order valence-electron chi connectivity index (χ1n) is 9.15. The molecule has 0 saturated carbocycles. The standard InChI is InChI=1S/C24H19BrO4/c1-15-20(28-14-17-5-3-4-6-21(17)27-2)12-11-19-23(26)22(29-24(15)19)13-16-7-9-18(25)10-8-16/h3-13H,14H2,1-2H3/b22-13-. The Morgan fingerprint density at radius 3 is 2.52 bits per heavy atom. The van der Waals surface area contributed by atoms with E-state index in [1.165, 1.54) is 0 Å². The lowest BCUT2D eigenvalue weighted by atomic mass is 10.1. The maximum absolute atomic E-state index is 12.7. The van der Waals surface area contributed by atoms with E-state index in [0.29, 0.717) is 29.4 Å². The Morgan fingerprint density at radius 2 is 1.76 bits per heavy atom. The molecule has 0 aromatic heterocycles. The van der Waals surface area contributed by atoms with E-state index in [9.17, 15) is 4.79 Å². The van der Waals surface area contributed by atoms with Gasteiger partial charge in [0.2, 0.25) is 5.78 Å². The van der Waals surface area contributed by atoms with Crippen LogP contribution in [0.5, 0.6) is 17.2 Å². The van der Waals surface area contributed by atoms with Crippen molar-refractivity contribution in [1.29, 1.82) is 0 Å². The summed E-state index contributed by atoms with van der Waals surface area (Å²) >= 11 is 3.41. The van der Waals surface area contributed by atoms with Crippen LogP contribution < -0.4 is 14.2 Å². The van der Waals surface area contributed by atoms with Gasteiger partial charge >= 0.3 is 0 Å². The largest absolute Gasteiger partial charge is 0.496 e. The molecule has 0 saturated heterocycles. The first-order valence-corrected chi connectivity index (χ1v) is 9.94. The highest BCUT2D eigenvalue weighted by atomic mass is 79.9. The molecule has 0 aliphatic carbocycles. The molecule has 1 aliphatic heterocycles. The van der Waals surface area contributed by atoms with Gasteiger partial charge in [0.05, 0.1) is 12.7 Å². The average Bonchev–Trinajstić information content (AvgIpc) is 3.06. The van der Waals surface area contributed by atoms with Gasteiger partial charge in [0.1, 0.15) is 23.9 Å². The van der Waals surface area contributed by atoms with Crippen LogP contribution in [0.25, 0.3) is 6.08 Å². The number of halogens is 1. The highest BCUT2D eigenvalue weighted by molar-refractivity contribution is 9.10. The van der Waals surface area contributed by atoms with Crippen molar-refractivity contribution < 1.29 is 19.0 Å². The van der Waals surface area contributed by atoms with Gasteiger partial charge in [0.15, 0.2) is 5.76 Å². The van der Waals surface area contributed by atoms with E-state index < -0.39 is 0 Å². The average molecular weight is 451 g/mol. The van der Waals surface area contributed by atoms with E-state index in [-0.39, 0.29) is 5.78 Å². The molecule has 0 N–H and O–H groups in total. The van der Waals surface area contributed by atoms with Gasteiger partial charge in [-0.25, -0.2) is 0 Å². The molecule has 0 radical (unpaired) electrons. The normalized spacial score (nSPS) is 13.9. The summed E-state index contributed by atoms with van der Waals surface area (Å²) in [7, 11) is 1.64. The Morgan fingerprint density at radius 1 is 1.00 bits per heavy atom. The van der Waals surface area contributed by atoms with Crippen LogP contribution in [0.3, 0.4) is 0 Å². The number of fused-ring (bicyclic) bond motifs is 1. The molecule has 0 spiro atoms. The van der Waals surface area contributed by atoms with Crippen molar-refractivity contribution in [3.63, 3.8) is 0 Å². The summed E-state index contributed by atoms with van der Waals surface area (Å²) in [6.45, 7) is 2.26. The van der Waals surface area contributed by atoms with E-state index in [2.05, 4.69) is 15.9 Å². The predicted octanol–water partition coefficient (Wildman–Crippen LogP) is 5.96. The van der Waals surface area contributed by atoms with E-state index >= 15 is 0 Å². The number of para-hydroxylation sites is 1. The molecule has 4 rings (SSSR count). The van der Waals surface area contributed by atoms with E-state index in [4.69, 9.17) is 14.2 Å². The number of hydrogen-bond donors (Lipinski definition) is 0. The maximum atomic E-state index is 12.7. The Labute approximate surface area is 177 Å². The molecule has 3 aromatic rings. The zero-order valence-electron chi connectivity index (χ0n) is 16.1. The lowest BCUT2D eigenvalue weighted by Gasteiger charge is -2.13. The topological polar surface area (TPSA) is 44.8 Å². The second kappa shape index (κ2) is 8.13. The quantitative estimate of drug-likeness (QED) is 0.449. The van der Waals surface area contributed by atoms with Crippen LogP contribution in [0.4, 0.5) is 0 Å². The Hall–Kier alpha value is -3.05. The second-order valence-electron chi connectivity index (χ2n) is 6.66. The third kappa shape index (κ3) is 3.91. The summed E-state index contributed by atoms with van der Waals surface area (Å²) in [5.74, 6) is 2.19. The predicted molar refractivity (Wildman–Crippen MR) is 116 cm³/mol. The molecule has 5 heteroatoms. The SMILES string of the molecule is COc1ccccc1COc1ccc2c(c1C)O/C(=C\c1ccc(Br)cc1)C2=O. The number of ketones is 1. The van der Waals surface area contributed by atoms with Crippen LogP contribution in [0.2, 0.25) is 0 Å². The van der Waals surface area contributed by atoms with Crippen LogP contribution in [0.15, 0.2) is 70.9 Å². The Balaban J connectivity index is 1.57. The van der Waals surface area contributed by atoms with Crippen molar-refractivity contribution >= 4 is 27.8 Å². The number of carbonyl (C=O) groups is 1. The van der Waals surface area contributed by atoms with Crippen molar-refractivity contribution in [2.75, 3.05) is 7.11 Å². The third-order valence-corrected chi connectivity index (χ3v) is 5.31. The van der Waals surface area contributed by atoms with Crippen molar-refractivity contribution in [1.82, 2.24) is 0 Å². The maximum Gasteiger partial charge on any atom is 0.231 e. The Kier molecular flexibility index (Phi) is 5.41. The number of allylic oxidation sites excluding steroid dienone is 1. The minimum atomic E-state index is -0.123. The molecule has 0 amide bonds. The number of methoxy groups -OCH3 is 1. The smallest absolute Gasteiger partial charge is 0.231 e. The third-order valence-electron chi connectivity index (χ3n) is 4.78. The van der Waals surface area contributed by atoms with Gasteiger partial charge in [0.25, 0.3) is 0 Å². The van der Waals surface area contributed by atoms with Gasteiger partial charge in [-0.3, -0.25) is 4.79 Å². The second-order valence-corrected chi connectivity index (χ2v) is 7.57. The summed E-state index contributed by atoms with van der Waals surface area (Å²) < 4.78 is 18.3. The number of hydrogen-bond acceptors (Lipinski definition) is 4. The molecule has 29 heavy (non-hydrogen) atoms. The lowest BCUT2D eigenvalue weighted by molar-refractivity contribution is 0.101. The summed E-state index contributed by atoms with van der Waals surface area (Å²) in [4.78, 5) is 12.7. The fourth-order valence-corrected chi connectivity index (χ4v) is 3.48. The molecule has 0 unspecified atom stereocenters. The van der Waals surface area contributed by atoms with Gasteiger partial charge in [0, 0.05) is 15.6 Å². The van der Waals surface area contributed by atoms with E-state index in [1.54, 1.807) is 19.3 Å². The van der Waals surface area contributed by atoms with E-state index in [0.717, 1.165) is 26.9 Å². The van der Waals surface area contributed by atoms with Gasteiger partial charge in [-0.2, -0.15) is 0 Å². The van der Waals surface area contributed by atoms with E-state index in [1.807, 2.05) is 61.5 Å². The number of rotatable bonds is 5. The summed E-state index contributed by atoms with van der Waals surface area (Å²) in [5.41, 5.74) is 3.19. The molecule has 0 atom stereocenters. The fourth-order valence-electron chi connectivity index (χ4n) is 3.21. The van der Waals surface area contributed by atoms with Crippen LogP contribution in [-0.2, 0) is 6.61 Å². The molecule has 3 aromatic carbocycles. The molecule has 4 nitrogen and oxygen atoms in total. The number of carbonyl (C=O) groups excluding carboxylic acids is 1. The zero-order chi connectivity index (χ0) is 20.4. The number of benzene rings is 3. The van der Waals surface area contributed by atoms with Gasteiger partial charge in [-0.05, 0) is 48.9 Å². The van der Waals surface area contributed by atoms with Crippen molar-refractivity contribution in [2.24, 2.45) is 0 Å². The molecule has 1 heterocycles. The number of Topliss-reactive ketones (excluding diaryl/α,β-unsaturated/α-hetero) is 1. The lowest BCUT2D eigenvalue weighted by Crippen LogP contribution is -2.00. The van der Waals surface area contributed by atoms with Crippen molar-refractivity contribution in [3.8, 4) is 17.2 Å². The van der Waals surface area contributed by atoms with Crippen LogP contribution in [-0.4, -0.2) is 12.9 Å². The molecule has 0 bridgehead atoms. The van der Waals surface area contributed by atoms with Gasteiger partial charge < -0.3 is 14.2 Å². The van der Waals surface area contributed by atoms with Gasteiger partial charge in [-0.1, -0.05) is 46.3 Å². The van der Waals surface area contributed by atoms with Crippen molar-refractivity contribution in [3.05, 3.63) is 93.1 Å². The highest BCUT2D eigenvalue weighted by Gasteiger charge is 2.30. The summed E-state index contributed by atoms with van der Waals surface area (Å²) in [6, 6.07) is 19.0. The van der Waals surface area contributed by atoms with Gasteiger partial charge in [-0.15, -0.1) is 0 Å². The molecular weight excluding hydrogens is 432 g/mol. The molecule has 146 valence electrons. The zero-order valence-corrected chi connectivity index (χ0v) is 17.7. The summed E-state index contributed by atoms with van der Waals surface area (Å²) in [5, 5.41) is 0. The van der Waals surface area contributed by atoms with Crippen LogP contribution in [0.1, 0.15) is 27.0 Å². The Bertz CT molecular complexity index is 1100. The molecular formula is C24H19BrO4. The first-order chi connectivity index (χ1) is 14.1. The highest BCUT2D eigenvalue weighted by Crippen LogP contribution is 2.39. The molecule has 1 aliphatic rings.